The third kappa shape index (κ3) is 3.54. The molecule has 0 radical (unpaired) electrons. The first-order chi connectivity index (χ1) is 11.2. The van der Waals surface area contributed by atoms with Gasteiger partial charge in [0.15, 0.2) is 0 Å². The minimum absolute atomic E-state index is 0.234. The first-order valence-electron chi connectivity index (χ1n) is 8.52. The fraction of sp³-hybridized carbons (Fsp3) is 0.429. The molecule has 3 rings (SSSR count). The molecule has 3 heterocycles. The van der Waals surface area contributed by atoms with Crippen molar-refractivity contribution in [3.05, 3.63) is 46.2 Å². The van der Waals surface area contributed by atoms with Gasteiger partial charge >= 0.3 is 0 Å². The molecule has 0 spiro atoms. The Kier molecular flexibility index (Phi) is 4.80. The van der Waals surface area contributed by atoms with E-state index in [0.717, 1.165) is 0 Å². The molecule has 3 aromatic heterocycles. The van der Waals surface area contributed by atoms with Crippen molar-refractivity contribution >= 4 is 34.0 Å². The van der Waals surface area contributed by atoms with E-state index in [4.69, 9.17) is 0 Å². The molecule has 0 bridgehead atoms. The van der Waals surface area contributed by atoms with E-state index < -0.39 is 0 Å². The van der Waals surface area contributed by atoms with Crippen LogP contribution in [0.4, 0.5) is 0 Å². The van der Waals surface area contributed by atoms with E-state index in [2.05, 4.69) is 77.9 Å². The molecule has 0 aliphatic heterocycles. The first kappa shape index (κ1) is 17.9. The van der Waals surface area contributed by atoms with Gasteiger partial charge in [-0.25, -0.2) is 0 Å². The molecular formula is C21H26S3. The molecule has 0 aliphatic carbocycles. The second-order valence-electron chi connectivity index (χ2n) is 7.98. The molecule has 0 atom stereocenters. The van der Waals surface area contributed by atoms with Gasteiger partial charge in [0.25, 0.3) is 0 Å². The molecule has 0 saturated heterocycles. The van der Waals surface area contributed by atoms with E-state index in [1.54, 1.807) is 0 Å². The lowest BCUT2D eigenvalue weighted by molar-refractivity contribution is 0.517. The highest BCUT2D eigenvalue weighted by molar-refractivity contribution is 7.26. The number of hydrogen-bond acceptors (Lipinski definition) is 3. The molecule has 0 fully saturated rings. The summed E-state index contributed by atoms with van der Waals surface area (Å²) < 4.78 is 0. The smallest absolute Gasteiger partial charge is 0.0449 e. The summed E-state index contributed by atoms with van der Waals surface area (Å²) in [6.07, 6.45) is 1.17. The fourth-order valence-electron chi connectivity index (χ4n) is 2.48. The summed E-state index contributed by atoms with van der Waals surface area (Å²) in [5, 5.41) is 0. The Morgan fingerprint density at radius 1 is 0.625 bits per heavy atom. The maximum absolute atomic E-state index is 2.34. The van der Waals surface area contributed by atoms with Gasteiger partial charge in [-0.2, -0.15) is 0 Å². The van der Waals surface area contributed by atoms with Crippen LogP contribution in [0.25, 0.3) is 19.5 Å². The summed E-state index contributed by atoms with van der Waals surface area (Å²) in [4.78, 5) is 8.50. The Morgan fingerprint density at radius 3 is 1.50 bits per heavy atom. The molecular weight excluding hydrogens is 348 g/mol. The van der Waals surface area contributed by atoms with Crippen LogP contribution in [0.3, 0.4) is 0 Å². The predicted octanol–water partition coefficient (Wildman–Crippen LogP) is 8.19. The fourth-order valence-corrected chi connectivity index (χ4v) is 5.91. The molecule has 0 saturated carbocycles. The van der Waals surface area contributed by atoms with Crippen LogP contribution in [0.15, 0.2) is 36.4 Å². The monoisotopic (exact) mass is 374 g/mol. The third-order valence-corrected chi connectivity index (χ3v) is 9.03. The highest BCUT2D eigenvalue weighted by Crippen LogP contribution is 2.43. The van der Waals surface area contributed by atoms with E-state index in [1.807, 2.05) is 34.0 Å². The summed E-state index contributed by atoms with van der Waals surface area (Å²) in [6, 6.07) is 13.7. The van der Waals surface area contributed by atoms with Crippen LogP contribution in [0.1, 0.15) is 57.7 Å². The number of rotatable bonds is 4. The van der Waals surface area contributed by atoms with Gasteiger partial charge in [0, 0.05) is 29.3 Å². The van der Waals surface area contributed by atoms with Crippen molar-refractivity contribution in [3.63, 3.8) is 0 Å². The predicted molar refractivity (Wildman–Crippen MR) is 113 cm³/mol. The van der Waals surface area contributed by atoms with Crippen molar-refractivity contribution < 1.29 is 0 Å². The van der Waals surface area contributed by atoms with E-state index in [0.29, 0.717) is 0 Å². The molecule has 0 aromatic carbocycles. The Bertz CT molecular complexity index is 821. The molecule has 0 amide bonds. The topological polar surface area (TPSA) is 0 Å². The quantitative estimate of drug-likeness (QED) is 0.432. The summed E-state index contributed by atoms with van der Waals surface area (Å²) in [7, 11) is 0. The van der Waals surface area contributed by atoms with Crippen LogP contribution in [0, 0.1) is 0 Å². The molecule has 3 heteroatoms. The second kappa shape index (κ2) is 6.44. The maximum atomic E-state index is 2.34. The van der Waals surface area contributed by atoms with Gasteiger partial charge < -0.3 is 0 Å². The van der Waals surface area contributed by atoms with Gasteiger partial charge in [-0.1, -0.05) is 41.5 Å². The zero-order valence-corrected chi connectivity index (χ0v) is 17.8. The minimum atomic E-state index is 0.234. The molecule has 0 N–H and O–H groups in total. The van der Waals surface area contributed by atoms with E-state index in [1.165, 1.54) is 35.7 Å². The summed E-state index contributed by atoms with van der Waals surface area (Å²) in [6.45, 7) is 13.8. The highest BCUT2D eigenvalue weighted by Gasteiger charge is 2.21. The van der Waals surface area contributed by atoms with Gasteiger partial charge in [0.2, 0.25) is 0 Å². The largest absolute Gasteiger partial charge is 0.139 e. The van der Waals surface area contributed by atoms with Crippen LogP contribution in [0.2, 0.25) is 0 Å². The maximum Gasteiger partial charge on any atom is 0.0449 e. The van der Waals surface area contributed by atoms with Crippen molar-refractivity contribution in [2.45, 2.75) is 58.8 Å². The summed E-state index contributed by atoms with van der Waals surface area (Å²) in [5.74, 6) is 0. The first-order valence-corrected chi connectivity index (χ1v) is 11.0. The van der Waals surface area contributed by atoms with Crippen molar-refractivity contribution in [2.24, 2.45) is 0 Å². The summed E-state index contributed by atoms with van der Waals surface area (Å²) >= 11 is 5.79. The minimum Gasteiger partial charge on any atom is -0.139 e. The SMILES string of the molecule is CCC(C)(C)c1ccc(-c2ccc(-c3ccc(C(C)(C)C)s3)s2)s1. The van der Waals surface area contributed by atoms with E-state index in [9.17, 15) is 0 Å². The molecule has 0 aliphatic rings. The van der Waals surface area contributed by atoms with Crippen molar-refractivity contribution in [3.8, 4) is 19.5 Å². The average Bonchev–Trinajstić information content (AvgIpc) is 3.23. The Morgan fingerprint density at radius 2 is 1.04 bits per heavy atom. The molecule has 0 unspecified atom stereocenters. The van der Waals surface area contributed by atoms with Gasteiger partial charge in [-0.15, -0.1) is 34.0 Å². The van der Waals surface area contributed by atoms with Crippen LogP contribution < -0.4 is 0 Å². The van der Waals surface area contributed by atoms with Gasteiger partial charge in [-0.05, 0) is 53.6 Å². The molecule has 3 aromatic rings. The summed E-state index contributed by atoms with van der Waals surface area (Å²) in [5.41, 5.74) is 0.510. The van der Waals surface area contributed by atoms with E-state index in [-0.39, 0.29) is 10.8 Å². The zero-order valence-electron chi connectivity index (χ0n) is 15.4. The standard InChI is InChI=1S/C21H26S3/c1-7-21(5,6)19-13-11-17(24-19)15-9-8-14(22-15)16-10-12-18(23-16)20(2,3)4/h8-13H,7H2,1-6H3. The van der Waals surface area contributed by atoms with Crippen LogP contribution >= 0.6 is 34.0 Å². The van der Waals surface area contributed by atoms with Crippen LogP contribution in [-0.2, 0) is 10.8 Å². The average molecular weight is 375 g/mol. The Balaban J connectivity index is 1.87. The number of thiophene rings is 3. The van der Waals surface area contributed by atoms with Crippen molar-refractivity contribution in [1.29, 1.82) is 0 Å². The second-order valence-corrected chi connectivity index (χ2v) is 11.2. The Hall–Kier alpha value is -0.900. The normalized spacial score (nSPS) is 12.8. The van der Waals surface area contributed by atoms with E-state index >= 15 is 0 Å². The molecule has 24 heavy (non-hydrogen) atoms. The number of hydrogen-bond donors (Lipinski definition) is 0. The molecule has 128 valence electrons. The zero-order chi connectivity index (χ0) is 17.5. The van der Waals surface area contributed by atoms with Crippen molar-refractivity contribution in [1.82, 2.24) is 0 Å². The lowest BCUT2D eigenvalue weighted by Gasteiger charge is -2.20. The lowest BCUT2D eigenvalue weighted by Crippen LogP contribution is -2.12. The van der Waals surface area contributed by atoms with Crippen LogP contribution in [0.5, 0.6) is 0 Å². The van der Waals surface area contributed by atoms with Crippen LogP contribution in [-0.4, -0.2) is 0 Å². The molecule has 0 nitrogen and oxygen atoms in total. The lowest BCUT2D eigenvalue weighted by atomic mass is 9.89. The van der Waals surface area contributed by atoms with Gasteiger partial charge in [-0.3, -0.25) is 0 Å². The van der Waals surface area contributed by atoms with Gasteiger partial charge in [0.05, 0.1) is 0 Å². The highest BCUT2D eigenvalue weighted by atomic mass is 32.1. The van der Waals surface area contributed by atoms with Gasteiger partial charge in [0.1, 0.15) is 0 Å². The van der Waals surface area contributed by atoms with Crippen molar-refractivity contribution in [2.75, 3.05) is 0 Å². The third-order valence-electron chi connectivity index (χ3n) is 4.59. The Labute approximate surface area is 158 Å².